The molecule has 1 aliphatic rings. The van der Waals surface area contributed by atoms with Crippen LogP contribution in [0, 0.1) is 0 Å². The molecule has 1 saturated heterocycles. The molecule has 0 aromatic carbocycles. The molecular weight excluding hydrogens is 238 g/mol. The largest absolute Gasteiger partial charge is 0.396 e. The first-order valence-electron chi connectivity index (χ1n) is 7.61. The van der Waals surface area contributed by atoms with Crippen LogP contribution in [0.1, 0.15) is 50.3 Å². The van der Waals surface area contributed by atoms with Crippen LogP contribution < -0.4 is 0 Å². The number of aliphatic hydroxyl groups excluding tert-OH is 1. The highest BCUT2D eigenvalue weighted by molar-refractivity contribution is 5.02. The highest BCUT2D eigenvalue weighted by Gasteiger charge is 2.23. The van der Waals surface area contributed by atoms with Crippen molar-refractivity contribution in [2.75, 3.05) is 26.2 Å². The zero-order chi connectivity index (χ0) is 13.5. The van der Waals surface area contributed by atoms with E-state index in [0.717, 1.165) is 19.4 Å². The fourth-order valence-electron chi connectivity index (χ4n) is 3.04. The predicted molar refractivity (Wildman–Crippen MR) is 77.2 cm³/mol. The topological polar surface area (TPSA) is 41.3 Å². The minimum absolute atomic E-state index is 0.338. The molecule has 0 radical (unpaired) electrons. The molecule has 1 aromatic rings. The Morgan fingerprint density at radius 2 is 2.16 bits per heavy atom. The van der Waals surface area contributed by atoms with Gasteiger partial charge in [0.15, 0.2) is 0 Å². The first kappa shape index (κ1) is 14.5. The van der Waals surface area contributed by atoms with Crippen LogP contribution in [0.3, 0.4) is 0 Å². The van der Waals surface area contributed by atoms with Crippen LogP contribution in [0.5, 0.6) is 0 Å². The Morgan fingerprint density at radius 1 is 1.32 bits per heavy atom. The first-order chi connectivity index (χ1) is 9.31. The molecule has 0 bridgehead atoms. The second kappa shape index (κ2) is 7.65. The maximum absolute atomic E-state index is 8.76. The summed E-state index contributed by atoms with van der Waals surface area (Å²) in [6.45, 7) is 3.93. The Morgan fingerprint density at radius 3 is 2.89 bits per heavy atom. The summed E-state index contributed by atoms with van der Waals surface area (Å²) in [5.41, 5.74) is 0. The quantitative estimate of drug-likeness (QED) is 0.768. The van der Waals surface area contributed by atoms with E-state index in [4.69, 9.17) is 5.11 Å². The van der Waals surface area contributed by atoms with E-state index in [2.05, 4.69) is 21.5 Å². The molecule has 0 aliphatic carbocycles. The number of hydrogen-bond acceptors (Lipinski definition) is 3. The van der Waals surface area contributed by atoms with Gasteiger partial charge in [-0.15, -0.1) is 0 Å². The molecule has 0 spiro atoms. The van der Waals surface area contributed by atoms with E-state index >= 15 is 0 Å². The van der Waals surface area contributed by atoms with Crippen molar-refractivity contribution >= 4 is 0 Å². The number of piperidine rings is 1. The van der Waals surface area contributed by atoms with Crippen LogP contribution in [0.2, 0.25) is 0 Å². The van der Waals surface area contributed by atoms with Crippen LogP contribution in [0.25, 0.3) is 0 Å². The van der Waals surface area contributed by atoms with Crippen molar-refractivity contribution in [2.45, 2.75) is 44.4 Å². The molecular formula is C15H27N3O. The number of likely N-dealkylation sites (tertiary alicyclic amines) is 1. The maximum atomic E-state index is 8.76. The lowest BCUT2D eigenvalue weighted by molar-refractivity contribution is 0.198. The zero-order valence-corrected chi connectivity index (χ0v) is 12.1. The van der Waals surface area contributed by atoms with Gasteiger partial charge < -0.3 is 14.6 Å². The number of unbranched alkanes of at least 4 members (excludes halogenated alkanes) is 3. The van der Waals surface area contributed by atoms with Gasteiger partial charge in [0, 0.05) is 38.5 Å². The van der Waals surface area contributed by atoms with E-state index in [0.29, 0.717) is 12.5 Å². The number of imidazole rings is 1. The average Bonchev–Trinajstić information content (AvgIpc) is 2.85. The summed E-state index contributed by atoms with van der Waals surface area (Å²) in [7, 11) is 2.09. The van der Waals surface area contributed by atoms with Crippen LogP contribution in [-0.2, 0) is 7.05 Å². The number of aliphatic hydroxyl groups is 1. The maximum Gasteiger partial charge on any atom is 0.112 e. The monoisotopic (exact) mass is 265 g/mol. The number of aryl methyl sites for hydroxylation is 1. The molecule has 0 saturated carbocycles. The van der Waals surface area contributed by atoms with Crippen LogP contribution in [0.15, 0.2) is 12.4 Å². The lowest BCUT2D eigenvalue weighted by Gasteiger charge is -2.32. The zero-order valence-electron chi connectivity index (χ0n) is 12.1. The molecule has 1 atom stereocenters. The fraction of sp³-hybridized carbons (Fsp3) is 0.800. The molecule has 4 nitrogen and oxygen atoms in total. The summed E-state index contributed by atoms with van der Waals surface area (Å²) in [5, 5.41) is 8.76. The van der Waals surface area contributed by atoms with E-state index in [1.807, 2.05) is 12.4 Å². The van der Waals surface area contributed by atoms with Gasteiger partial charge in [-0.3, -0.25) is 0 Å². The molecule has 0 unspecified atom stereocenters. The first-order valence-corrected chi connectivity index (χ1v) is 7.61. The molecule has 1 fully saturated rings. The van der Waals surface area contributed by atoms with Gasteiger partial charge >= 0.3 is 0 Å². The summed E-state index contributed by atoms with van der Waals surface area (Å²) in [6, 6.07) is 0. The Hall–Kier alpha value is -0.870. The number of rotatable bonds is 7. The molecule has 2 heterocycles. The van der Waals surface area contributed by atoms with Crippen molar-refractivity contribution in [1.29, 1.82) is 0 Å². The molecule has 1 aliphatic heterocycles. The van der Waals surface area contributed by atoms with E-state index < -0.39 is 0 Å². The van der Waals surface area contributed by atoms with E-state index in [9.17, 15) is 0 Å². The summed E-state index contributed by atoms with van der Waals surface area (Å²) in [6.07, 6.45) is 11.1. The Bertz CT molecular complexity index is 364. The highest BCUT2D eigenvalue weighted by Crippen LogP contribution is 2.25. The van der Waals surface area contributed by atoms with Gasteiger partial charge in [0.1, 0.15) is 5.82 Å². The van der Waals surface area contributed by atoms with Crippen molar-refractivity contribution in [3.63, 3.8) is 0 Å². The normalized spacial score (nSPS) is 20.8. The van der Waals surface area contributed by atoms with Crippen LogP contribution >= 0.6 is 0 Å². The summed E-state index contributed by atoms with van der Waals surface area (Å²) in [4.78, 5) is 7.09. The van der Waals surface area contributed by atoms with Gasteiger partial charge in [-0.25, -0.2) is 4.98 Å². The van der Waals surface area contributed by atoms with Crippen molar-refractivity contribution in [3.05, 3.63) is 18.2 Å². The number of nitrogens with zero attached hydrogens (tertiary/aromatic N) is 3. The van der Waals surface area contributed by atoms with Crippen molar-refractivity contribution in [1.82, 2.24) is 14.5 Å². The molecule has 108 valence electrons. The second-order valence-electron chi connectivity index (χ2n) is 5.67. The summed E-state index contributed by atoms with van der Waals surface area (Å²) < 4.78 is 2.16. The van der Waals surface area contributed by atoms with Gasteiger partial charge in [-0.05, 0) is 38.8 Å². The standard InChI is InChI=1S/C15H27N3O/c1-17-11-8-16-15(17)14-7-6-10-18(13-14)9-4-2-3-5-12-19/h8,11,14,19H,2-7,9-10,12-13H2,1H3/t14-/m1/s1. The third-order valence-corrected chi connectivity index (χ3v) is 4.11. The minimum Gasteiger partial charge on any atom is -0.396 e. The lowest BCUT2D eigenvalue weighted by Crippen LogP contribution is -2.35. The van der Waals surface area contributed by atoms with Gasteiger partial charge in [-0.1, -0.05) is 12.8 Å². The van der Waals surface area contributed by atoms with Crippen molar-refractivity contribution in [3.8, 4) is 0 Å². The smallest absolute Gasteiger partial charge is 0.112 e. The van der Waals surface area contributed by atoms with E-state index in [1.165, 1.54) is 44.6 Å². The molecule has 19 heavy (non-hydrogen) atoms. The molecule has 0 amide bonds. The van der Waals surface area contributed by atoms with E-state index in [-0.39, 0.29) is 0 Å². The SMILES string of the molecule is Cn1ccnc1[C@@H]1CCCN(CCCCCCO)C1. The van der Waals surface area contributed by atoms with Gasteiger partial charge in [-0.2, -0.15) is 0 Å². The Balaban J connectivity index is 1.73. The average molecular weight is 265 g/mol. The van der Waals surface area contributed by atoms with Gasteiger partial charge in [0.2, 0.25) is 0 Å². The number of hydrogen-bond donors (Lipinski definition) is 1. The predicted octanol–water partition coefficient (Wildman–Crippen LogP) is 2.15. The fourth-order valence-corrected chi connectivity index (χ4v) is 3.04. The minimum atomic E-state index is 0.338. The lowest BCUT2D eigenvalue weighted by atomic mass is 9.97. The van der Waals surface area contributed by atoms with Crippen LogP contribution in [0.4, 0.5) is 0 Å². The van der Waals surface area contributed by atoms with Crippen LogP contribution in [-0.4, -0.2) is 45.8 Å². The third kappa shape index (κ3) is 4.32. The molecule has 4 heteroatoms. The molecule has 1 N–H and O–H groups in total. The Kier molecular flexibility index (Phi) is 5.86. The summed E-state index contributed by atoms with van der Waals surface area (Å²) >= 11 is 0. The Labute approximate surface area is 116 Å². The van der Waals surface area contributed by atoms with Gasteiger partial charge in [0.25, 0.3) is 0 Å². The summed E-state index contributed by atoms with van der Waals surface area (Å²) in [5.74, 6) is 1.84. The number of aromatic nitrogens is 2. The van der Waals surface area contributed by atoms with Crippen molar-refractivity contribution < 1.29 is 5.11 Å². The van der Waals surface area contributed by atoms with Crippen molar-refractivity contribution in [2.24, 2.45) is 7.05 Å². The van der Waals surface area contributed by atoms with E-state index in [1.54, 1.807) is 0 Å². The third-order valence-electron chi connectivity index (χ3n) is 4.11. The molecule has 1 aromatic heterocycles. The van der Waals surface area contributed by atoms with Gasteiger partial charge in [0.05, 0.1) is 0 Å². The second-order valence-corrected chi connectivity index (χ2v) is 5.67. The molecule has 2 rings (SSSR count). The highest BCUT2D eigenvalue weighted by atomic mass is 16.2.